The van der Waals surface area contributed by atoms with Crippen LogP contribution in [0.2, 0.25) is 0 Å². The van der Waals surface area contributed by atoms with Crippen molar-refractivity contribution in [2.75, 3.05) is 11.1 Å². The van der Waals surface area contributed by atoms with E-state index in [1.165, 1.54) is 18.2 Å². The number of halogens is 1. The molecule has 3 N–H and O–H groups in total. The van der Waals surface area contributed by atoms with Crippen molar-refractivity contribution in [2.45, 2.75) is 12.8 Å². The lowest BCUT2D eigenvalue weighted by atomic mass is 10.2. The van der Waals surface area contributed by atoms with Gasteiger partial charge in [-0.05, 0) is 31.0 Å². The molecule has 0 bridgehead atoms. The molecule has 1 aliphatic carbocycles. The van der Waals surface area contributed by atoms with Crippen molar-refractivity contribution >= 4 is 17.3 Å². The van der Waals surface area contributed by atoms with Crippen molar-refractivity contribution in [3.63, 3.8) is 0 Å². The van der Waals surface area contributed by atoms with Gasteiger partial charge in [-0.1, -0.05) is 0 Å². The van der Waals surface area contributed by atoms with Gasteiger partial charge in [-0.3, -0.25) is 4.79 Å². The number of rotatable bonds is 2. The van der Waals surface area contributed by atoms with Crippen LogP contribution in [0.15, 0.2) is 18.2 Å². The van der Waals surface area contributed by atoms with E-state index in [1.807, 2.05) is 0 Å². The molecule has 0 saturated heterocycles. The van der Waals surface area contributed by atoms with Gasteiger partial charge in [0.25, 0.3) is 0 Å². The van der Waals surface area contributed by atoms with Gasteiger partial charge in [0.05, 0.1) is 5.69 Å². The summed E-state index contributed by atoms with van der Waals surface area (Å²) in [7, 11) is 0. The number of carbonyl (C=O) groups excluding carboxylic acids is 1. The quantitative estimate of drug-likeness (QED) is 0.705. The highest BCUT2D eigenvalue weighted by atomic mass is 19.1. The van der Waals surface area contributed by atoms with Crippen LogP contribution < -0.4 is 11.1 Å². The molecule has 1 amide bonds. The second-order valence-electron chi connectivity index (χ2n) is 3.50. The molecule has 0 unspecified atom stereocenters. The molecular formula is C10H11FN2O. The van der Waals surface area contributed by atoms with Gasteiger partial charge in [-0.25, -0.2) is 4.39 Å². The van der Waals surface area contributed by atoms with Gasteiger partial charge in [0.1, 0.15) is 5.82 Å². The molecule has 0 aliphatic heterocycles. The van der Waals surface area contributed by atoms with E-state index in [4.69, 9.17) is 5.73 Å². The topological polar surface area (TPSA) is 55.1 Å². The molecular weight excluding hydrogens is 183 g/mol. The molecule has 0 atom stereocenters. The molecule has 1 aromatic rings. The number of anilines is 2. The van der Waals surface area contributed by atoms with Crippen LogP contribution in [0, 0.1) is 11.7 Å². The summed E-state index contributed by atoms with van der Waals surface area (Å²) < 4.78 is 13.1. The number of nitrogen functional groups attached to an aromatic ring is 1. The van der Waals surface area contributed by atoms with E-state index in [0.29, 0.717) is 5.69 Å². The van der Waals surface area contributed by atoms with E-state index < -0.39 is 5.82 Å². The molecule has 2 rings (SSSR count). The third-order valence-corrected chi connectivity index (χ3v) is 2.20. The summed E-state index contributed by atoms with van der Waals surface area (Å²) in [5.74, 6) is -0.501. The third-order valence-electron chi connectivity index (χ3n) is 2.20. The normalized spacial score (nSPS) is 15.2. The molecule has 1 aromatic carbocycles. The lowest BCUT2D eigenvalue weighted by Crippen LogP contribution is -2.14. The molecule has 0 radical (unpaired) electrons. The molecule has 0 aromatic heterocycles. The molecule has 0 heterocycles. The van der Waals surface area contributed by atoms with Crippen molar-refractivity contribution in [1.29, 1.82) is 0 Å². The van der Waals surface area contributed by atoms with E-state index in [2.05, 4.69) is 5.32 Å². The SMILES string of the molecule is Nc1ccc(F)c(NC(=O)C2CC2)c1. The van der Waals surface area contributed by atoms with Crippen LogP contribution in [-0.2, 0) is 4.79 Å². The summed E-state index contributed by atoms with van der Waals surface area (Å²) >= 11 is 0. The zero-order chi connectivity index (χ0) is 10.1. The van der Waals surface area contributed by atoms with E-state index in [-0.39, 0.29) is 17.5 Å². The minimum atomic E-state index is -0.451. The summed E-state index contributed by atoms with van der Waals surface area (Å²) in [6, 6.07) is 4.13. The fraction of sp³-hybridized carbons (Fsp3) is 0.300. The Morgan fingerprint density at radius 3 is 2.86 bits per heavy atom. The van der Waals surface area contributed by atoms with Crippen LogP contribution in [0.3, 0.4) is 0 Å². The van der Waals surface area contributed by atoms with Crippen LogP contribution in [-0.4, -0.2) is 5.91 Å². The minimum absolute atomic E-state index is 0.0656. The maximum atomic E-state index is 13.1. The van der Waals surface area contributed by atoms with Crippen molar-refractivity contribution in [3.05, 3.63) is 24.0 Å². The number of amides is 1. The predicted molar refractivity (Wildman–Crippen MR) is 52.2 cm³/mol. The molecule has 74 valence electrons. The lowest BCUT2D eigenvalue weighted by molar-refractivity contribution is -0.117. The number of carbonyl (C=O) groups is 1. The Morgan fingerprint density at radius 2 is 2.21 bits per heavy atom. The molecule has 1 aliphatic rings. The Kier molecular flexibility index (Phi) is 2.11. The minimum Gasteiger partial charge on any atom is -0.399 e. The Morgan fingerprint density at radius 1 is 1.50 bits per heavy atom. The second-order valence-corrected chi connectivity index (χ2v) is 3.50. The van der Waals surface area contributed by atoms with Crippen LogP contribution in [0.25, 0.3) is 0 Å². The van der Waals surface area contributed by atoms with Crippen LogP contribution in [0.5, 0.6) is 0 Å². The maximum Gasteiger partial charge on any atom is 0.227 e. The van der Waals surface area contributed by atoms with Gasteiger partial charge in [0, 0.05) is 11.6 Å². The Balaban J connectivity index is 2.14. The van der Waals surface area contributed by atoms with Crippen LogP contribution >= 0.6 is 0 Å². The first kappa shape index (κ1) is 8.99. The first-order valence-corrected chi connectivity index (χ1v) is 4.52. The van der Waals surface area contributed by atoms with E-state index in [9.17, 15) is 9.18 Å². The largest absolute Gasteiger partial charge is 0.399 e. The molecule has 1 saturated carbocycles. The Bertz CT molecular complexity index is 374. The smallest absolute Gasteiger partial charge is 0.227 e. The molecule has 1 fully saturated rings. The number of benzene rings is 1. The van der Waals surface area contributed by atoms with Crippen molar-refractivity contribution in [3.8, 4) is 0 Å². The average Bonchev–Trinajstić information content (AvgIpc) is 2.94. The maximum absolute atomic E-state index is 13.1. The molecule has 14 heavy (non-hydrogen) atoms. The summed E-state index contributed by atoms with van der Waals surface area (Å²) in [6.07, 6.45) is 1.80. The van der Waals surface area contributed by atoms with Crippen LogP contribution in [0.1, 0.15) is 12.8 Å². The van der Waals surface area contributed by atoms with Gasteiger partial charge in [0.2, 0.25) is 5.91 Å². The number of hydrogen-bond donors (Lipinski definition) is 2. The highest BCUT2D eigenvalue weighted by Crippen LogP contribution is 2.30. The van der Waals surface area contributed by atoms with Gasteiger partial charge >= 0.3 is 0 Å². The zero-order valence-corrected chi connectivity index (χ0v) is 7.59. The molecule has 3 nitrogen and oxygen atoms in total. The van der Waals surface area contributed by atoms with Crippen molar-refractivity contribution in [2.24, 2.45) is 5.92 Å². The fourth-order valence-electron chi connectivity index (χ4n) is 1.22. The second kappa shape index (κ2) is 3.29. The first-order chi connectivity index (χ1) is 6.66. The lowest BCUT2D eigenvalue weighted by Gasteiger charge is -2.05. The summed E-state index contributed by atoms with van der Waals surface area (Å²) in [5, 5.41) is 2.52. The monoisotopic (exact) mass is 194 g/mol. The summed E-state index contributed by atoms with van der Waals surface area (Å²) in [6.45, 7) is 0. The van der Waals surface area contributed by atoms with E-state index in [1.54, 1.807) is 0 Å². The summed E-state index contributed by atoms with van der Waals surface area (Å²) in [4.78, 5) is 11.3. The van der Waals surface area contributed by atoms with E-state index in [0.717, 1.165) is 12.8 Å². The summed E-state index contributed by atoms with van der Waals surface area (Å²) in [5.41, 5.74) is 6.09. The van der Waals surface area contributed by atoms with E-state index >= 15 is 0 Å². The van der Waals surface area contributed by atoms with Gasteiger partial charge in [-0.15, -0.1) is 0 Å². The number of nitrogens with one attached hydrogen (secondary N) is 1. The number of nitrogens with two attached hydrogens (primary N) is 1. The first-order valence-electron chi connectivity index (χ1n) is 4.52. The standard InChI is InChI=1S/C10H11FN2O/c11-8-4-3-7(12)5-9(8)13-10(14)6-1-2-6/h3-6H,1-2,12H2,(H,13,14). The van der Waals surface area contributed by atoms with Crippen molar-refractivity contribution < 1.29 is 9.18 Å². The van der Waals surface area contributed by atoms with Gasteiger partial charge in [-0.2, -0.15) is 0 Å². The van der Waals surface area contributed by atoms with Crippen molar-refractivity contribution in [1.82, 2.24) is 0 Å². The Hall–Kier alpha value is -1.58. The Labute approximate surface area is 81.1 Å². The molecule has 4 heteroatoms. The fourth-order valence-corrected chi connectivity index (χ4v) is 1.22. The third kappa shape index (κ3) is 1.84. The molecule has 0 spiro atoms. The van der Waals surface area contributed by atoms with Crippen LogP contribution in [0.4, 0.5) is 15.8 Å². The highest BCUT2D eigenvalue weighted by molar-refractivity contribution is 5.94. The zero-order valence-electron chi connectivity index (χ0n) is 7.59. The predicted octanol–water partition coefficient (Wildman–Crippen LogP) is 1.76. The van der Waals surface area contributed by atoms with Gasteiger partial charge in [0.15, 0.2) is 0 Å². The number of hydrogen-bond acceptors (Lipinski definition) is 2. The average molecular weight is 194 g/mol. The highest BCUT2D eigenvalue weighted by Gasteiger charge is 2.29. The van der Waals surface area contributed by atoms with Gasteiger partial charge < -0.3 is 11.1 Å².